The smallest absolute Gasteiger partial charge is 0.405 e. The summed E-state index contributed by atoms with van der Waals surface area (Å²) in [6.45, 7) is 5.96. The Balaban J connectivity index is 2.31. The van der Waals surface area contributed by atoms with Crippen molar-refractivity contribution in [1.82, 2.24) is 20.9 Å². The van der Waals surface area contributed by atoms with Gasteiger partial charge in [0, 0.05) is 20.0 Å². The van der Waals surface area contributed by atoms with Crippen molar-refractivity contribution in [2.75, 3.05) is 13.6 Å². The molecule has 4 amide bonds. The number of likely N-dealkylation sites (tertiary alicyclic amines) is 1. The van der Waals surface area contributed by atoms with Gasteiger partial charge in [0.05, 0.1) is 6.04 Å². The molecule has 0 aromatic heterocycles. The van der Waals surface area contributed by atoms with Crippen LogP contribution in [0.5, 0.6) is 0 Å². The summed E-state index contributed by atoms with van der Waals surface area (Å²) >= 11 is 0. The third-order valence-corrected chi connectivity index (χ3v) is 6.77. The first kappa shape index (κ1) is 28.4. The van der Waals surface area contributed by atoms with E-state index in [0.717, 1.165) is 12.8 Å². The summed E-state index contributed by atoms with van der Waals surface area (Å²) in [4.78, 5) is 63.8. The molecular formula is C23H36F2N4O6. The third kappa shape index (κ3) is 7.60. The van der Waals surface area contributed by atoms with Gasteiger partial charge in [-0.25, -0.2) is 13.6 Å². The molecular weight excluding hydrogens is 466 g/mol. The maximum atomic E-state index is 13.5. The summed E-state index contributed by atoms with van der Waals surface area (Å²) in [6, 6.07) is -3.65. The third-order valence-electron chi connectivity index (χ3n) is 6.77. The van der Waals surface area contributed by atoms with Gasteiger partial charge in [0.25, 0.3) is 5.91 Å². The minimum atomic E-state index is -3.11. The van der Waals surface area contributed by atoms with Crippen molar-refractivity contribution in [3.8, 4) is 0 Å². The molecule has 1 spiro atoms. The van der Waals surface area contributed by atoms with Gasteiger partial charge in [-0.1, -0.05) is 20.8 Å². The SMILES string of the molecule is CNC(=O)C(=O)[C@H](CCC(C)(F)F)NC(=O)[C@@H]1CC2(CCN1C(=O)[C@@H](NC(=O)O)C(C)(C)C)CC2. The molecule has 198 valence electrons. The van der Waals surface area contributed by atoms with E-state index in [-0.39, 0.29) is 12.0 Å². The number of carbonyl (C=O) groups excluding carboxylic acids is 4. The molecule has 0 aromatic carbocycles. The van der Waals surface area contributed by atoms with E-state index < -0.39 is 71.9 Å². The number of alkyl halides is 2. The molecule has 35 heavy (non-hydrogen) atoms. The van der Waals surface area contributed by atoms with Gasteiger partial charge in [0.15, 0.2) is 0 Å². The lowest BCUT2D eigenvalue weighted by Crippen LogP contribution is -2.62. The van der Waals surface area contributed by atoms with Crippen LogP contribution in [0.2, 0.25) is 0 Å². The lowest BCUT2D eigenvalue weighted by molar-refractivity contribution is -0.148. The van der Waals surface area contributed by atoms with Crippen molar-refractivity contribution in [3.05, 3.63) is 0 Å². The summed E-state index contributed by atoms with van der Waals surface area (Å²) in [7, 11) is 1.22. The zero-order valence-corrected chi connectivity index (χ0v) is 20.9. The van der Waals surface area contributed by atoms with E-state index in [4.69, 9.17) is 0 Å². The first-order chi connectivity index (χ1) is 16.0. The number of halogens is 2. The first-order valence-corrected chi connectivity index (χ1v) is 11.7. The van der Waals surface area contributed by atoms with Crippen LogP contribution in [0.3, 0.4) is 0 Å². The second kappa shape index (κ2) is 10.4. The highest BCUT2D eigenvalue weighted by Gasteiger charge is 2.52. The molecule has 1 saturated carbocycles. The fourth-order valence-corrected chi connectivity index (χ4v) is 4.42. The van der Waals surface area contributed by atoms with Crippen molar-refractivity contribution in [3.63, 3.8) is 0 Å². The molecule has 2 fully saturated rings. The Morgan fingerprint density at radius 1 is 1.06 bits per heavy atom. The van der Waals surface area contributed by atoms with Crippen LogP contribution in [-0.4, -0.2) is 77.2 Å². The molecule has 0 radical (unpaired) electrons. The fraction of sp³-hybridized carbons (Fsp3) is 0.783. The Bertz CT molecular complexity index is 863. The van der Waals surface area contributed by atoms with E-state index in [1.54, 1.807) is 20.8 Å². The minimum Gasteiger partial charge on any atom is -0.465 e. The van der Waals surface area contributed by atoms with Crippen molar-refractivity contribution in [1.29, 1.82) is 0 Å². The molecule has 1 heterocycles. The van der Waals surface area contributed by atoms with Crippen LogP contribution < -0.4 is 16.0 Å². The molecule has 3 atom stereocenters. The van der Waals surface area contributed by atoms with Gasteiger partial charge in [-0.15, -0.1) is 0 Å². The lowest BCUT2D eigenvalue weighted by Gasteiger charge is -2.42. The van der Waals surface area contributed by atoms with E-state index in [2.05, 4.69) is 16.0 Å². The Hall–Kier alpha value is -2.79. The largest absolute Gasteiger partial charge is 0.465 e. The van der Waals surface area contributed by atoms with Gasteiger partial charge in [-0.05, 0) is 49.9 Å². The van der Waals surface area contributed by atoms with E-state index in [0.29, 0.717) is 19.8 Å². The van der Waals surface area contributed by atoms with Crippen LogP contribution in [0.15, 0.2) is 0 Å². The molecule has 2 aliphatic rings. The average Bonchev–Trinajstić information content (AvgIpc) is 3.50. The van der Waals surface area contributed by atoms with Crippen molar-refractivity contribution in [2.45, 2.75) is 90.3 Å². The van der Waals surface area contributed by atoms with Gasteiger partial charge in [0.2, 0.25) is 23.5 Å². The van der Waals surface area contributed by atoms with Crippen molar-refractivity contribution < 1.29 is 37.9 Å². The Morgan fingerprint density at radius 2 is 1.66 bits per heavy atom. The van der Waals surface area contributed by atoms with Gasteiger partial charge in [-0.2, -0.15) is 0 Å². The van der Waals surface area contributed by atoms with Crippen molar-refractivity contribution >= 4 is 29.6 Å². The molecule has 0 aromatic rings. The molecule has 4 N–H and O–H groups in total. The summed E-state index contributed by atoms with van der Waals surface area (Å²) < 4.78 is 26.9. The van der Waals surface area contributed by atoms with Crippen LogP contribution in [0, 0.1) is 10.8 Å². The highest BCUT2D eigenvalue weighted by Crippen LogP contribution is 2.55. The normalized spacial score (nSPS) is 21.0. The number of hydrogen-bond acceptors (Lipinski definition) is 5. The minimum absolute atomic E-state index is 0.118. The molecule has 2 rings (SSSR count). The zero-order chi connectivity index (χ0) is 26.8. The number of amides is 4. The number of nitrogens with one attached hydrogen (secondary N) is 3. The molecule has 1 saturated heterocycles. The van der Waals surface area contributed by atoms with Crippen LogP contribution in [0.4, 0.5) is 13.6 Å². The molecule has 10 nitrogen and oxygen atoms in total. The van der Waals surface area contributed by atoms with Crippen LogP contribution in [0.25, 0.3) is 0 Å². The number of piperidine rings is 1. The van der Waals surface area contributed by atoms with Gasteiger partial charge in [-0.3, -0.25) is 19.2 Å². The highest BCUT2D eigenvalue weighted by molar-refractivity contribution is 6.38. The average molecular weight is 503 g/mol. The summed E-state index contributed by atoms with van der Waals surface area (Å²) in [6.07, 6.45) is 0.126. The van der Waals surface area contributed by atoms with Gasteiger partial charge in [0.1, 0.15) is 12.1 Å². The number of likely N-dealkylation sites (N-methyl/N-ethyl adjacent to an activating group) is 1. The predicted octanol–water partition coefficient (Wildman–Crippen LogP) is 1.68. The monoisotopic (exact) mass is 502 g/mol. The summed E-state index contributed by atoms with van der Waals surface area (Å²) in [5.74, 6) is -6.50. The maximum absolute atomic E-state index is 13.5. The molecule has 0 unspecified atom stereocenters. The molecule has 1 aliphatic heterocycles. The number of ketones is 1. The number of carboxylic acid groups (broad SMARTS) is 1. The lowest BCUT2D eigenvalue weighted by atomic mass is 9.82. The summed E-state index contributed by atoms with van der Waals surface area (Å²) in [5, 5.41) is 16.0. The quantitative estimate of drug-likeness (QED) is 0.353. The zero-order valence-electron chi connectivity index (χ0n) is 20.9. The standard InChI is InChI=1S/C23H36F2N4O6/c1-21(2,3)16(28-20(34)35)19(33)29-11-10-23(8-9-23)12-14(29)17(31)27-13(6-7-22(4,24)25)15(30)18(32)26-5/h13-14,16,28H,6-12H2,1-5H3,(H,26,32)(H,27,31)(H,34,35)/t13-,14-,16+/m0/s1. The predicted molar refractivity (Wildman–Crippen MR) is 122 cm³/mol. The number of nitrogens with zero attached hydrogens (tertiary/aromatic N) is 1. The second-order valence-electron chi connectivity index (χ2n) is 10.9. The Labute approximate surface area is 203 Å². The second-order valence-corrected chi connectivity index (χ2v) is 10.9. The fourth-order valence-electron chi connectivity index (χ4n) is 4.42. The maximum Gasteiger partial charge on any atom is 0.405 e. The number of rotatable bonds is 9. The molecule has 0 bridgehead atoms. The van der Waals surface area contributed by atoms with Crippen molar-refractivity contribution in [2.24, 2.45) is 10.8 Å². The topological polar surface area (TPSA) is 145 Å². The number of hydrogen-bond donors (Lipinski definition) is 4. The van der Waals surface area contributed by atoms with Crippen LogP contribution in [0.1, 0.15) is 66.2 Å². The number of carbonyl (C=O) groups is 5. The van der Waals surface area contributed by atoms with Gasteiger partial charge < -0.3 is 26.0 Å². The van der Waals surface area contributed by atoms with Crippen LogP contribution >= 0.6 is 0 Å². The summed E-state index contributed by atoms with van der Waals surface area (Å²) in [5.41, 5.74) is -0.914. The van der Waals surface area contributed by atoms with E-state index in [9.17, 15) is 37.9 Å². The highest BCUT2D eigenvalue weighted by atomic mass is 19.3. The Kier molecular flexibility index (Phi) is 8.49. The van der Waals surface area contributed by atoms with Crippen LogP contribution in [-0.2, 0) is 19.2 Å². The van der Waals surface area contributed by atoms with E-state index in [1.165, 1.54) is 11.9 Å². The molecule has 12 heteroatoms. The number of Topliss-reactive ketones (excluding diaryl/α,β-unsaturated/α-hetero) is 1. The first-order valence-electron chi connectivity index (χ1n) is 11.7. The Morgan fingerprint density at radius 3 is 2.11 bits per heavy atom. The van der Waals surface area contributed by atoms with E-state index >= 15 is 0 Å². The van der Waals surface area contributed by atoms with Gasteiger partial charge >= 0.3 is 6.09 Å². The molecule has 1 aliphatic carbocycles. The van der Waals surface area contributed by atoms with E-state index in [1.807, 2.05) is 0 Å².